The van der Waals surface area contributed by atoms with Crippen LogP contribution in [0.25, 0.3) is 0 Å². The van der Waals surface area contributed by atoms with Crippen LogP contribution in [0.2, 0.25) is 0 Å². The van der Waals surface area contributed by atoms with Gasteiger partial charge in [-0.3, -0.25) is 9.69 Å². The molecule has 3 aromatic rings. The number of furan rings is 1. The van der Waals surface area contributed by atoms with Gasteiger partial charge in [0.25, 0.3) is 0 Å². The quantitative estimate of drug-likeness (QED) is 0.507. The highest BCUT2D eigenvalue weighted by Crippen LogP contribution is 2.22. The summed E-state index contributed by atoms with van der Waals surface area (Å²) in [7, 11) is 0. The van der Waals surface area contributed by atoms with Crippen molar-refractivity contribution in [3.05, 3.63) is 59.8 Å². The van der Waals surface area contributed by atoms with Crippen LogP contribution in [0.3, 0.4) is 0 Å². The van der Waals surface area contributed by atoms with E-state index >= 15 is 0 Å². The molecule has 1 amide bonds. The topological polar surface area (TPSA) is 122 Å². The maximum atomic E-state index is 12.7. The second-order valence-electron chi connectivity index (χ2n) is 7.49. The Bertz CT molecular complexity index is 1020. The molecule has 9 heteroatoms. The normalized spacial score (nSPS) is 16.4. The summed E-state index contributed by atoms with van der Waals surface area (Å²) < 4.78 is 5.28. The van der Waals surface area contributed by atoms with Crippen molar-refractivity contribution in [2.75, 3.05) is 17.6 Å². The Morgan fingerprint density at radius 3 is 2.90 bits per heavy atom. The van der Waals surface area contributed by atoms with Crippen molar-refractivity contribution >= 4 is 23.5 Å². The molecule has 0 aliphatic carbocycles. The Hall–Kier alpha value is -3.46. The first-order chi connectivity index (χ1) is 15.1. The minimum absolute atomic E-state index is 0.0221. The van der Waals surface area contributed by atoms with E-state index in [1.165, 1.54) is 0 Å². The van der Waals surface area contributed by atoms with Crippen LogP contribution in [0.4, 0.5) is 17.6 Å². The zero-order valence-corrected chi connectivity index (χ0v) is 17.5. The van der Waals surface area contributed by atoms with Gasteiger partial charge in [0.2, 0.25) is 17.8 Å². The summed E-state index contributed by atoms with van der Waals surface area (Å²) in [5.41, 5.74) is 8.05. The van der Waals surface area contributed by atoms with E-state index in [-0.39, 0.29) is 17.9 Å². The van der Waals surface area contributed by atoms with Gasteiger partial charge in [0, 0.05) is 5.69 Å². The Balaban J connectivity index is 1.43. The first-order valence-corrected chi connectivity index (χ1v) is 10.5. The van der Waals surface area contributed by atoms with Gasteiger partial charge >= 0.3 is 0 Å². The standard InChI is InChI=1S/C22H27N7O2/c1-2-15-7-3-4-9-17(15)25-22-27-19(26-21(23)28-22)14-29-11-5-10-18(29)20(30)24-13-16-8-6-12-31-16/h3-4,6-9,12,18H,2,5,10-11,13-14H2,1H3,(H,24,30)(H3,23,25,26,27,28)/t18-/m0/s1. The highest BCUT2D eigenvalue weighted by Gasteiger charge is 2.31. The second kappa shape index (κ2) is 9.57. The minimum atomic E-state index is -0.231. The largest absolute Gasteiger partial charge is 0.467 e. The van der Waals surface area contributed by atoms with Gasteiger partial charge in [-0.05, 0) is 49.6 Å². The Morgan fingerprint density at radius 2 is 2.10 bits per heavy atom. The summed E-state index contributed by atoms with van der Waals surface area (Å²) >= 11 is 0. The van der Waals surface area contributed by atoms with Crippen molar-refractivity contribution in [2.24, 2.45) is 0 Å². The Morgan fingerprint density at radius 1 is 1.23 bits per heavy atom. The van der Waals surface area contributed by atoms with E-state index in [1.54, 1.807) is 12.3 Å². The van der Waals surface area contributed by atoms with Gasteiger partial charge in [0.15, 0.2) is 0 Å². The number of nitrogen functional groups attached to an aromatic ring is 1. The van der Waals surface area contributed by atoms with E-state index in [9.17, 15) is 4.79 Å². The smallest absolute Gasteiger partial charge is 0.237 e. The van der Waals surface area contributed by atoms with Crippen LogP contribution in [0.1, 0.15) is 36.9 Å². The first kappa shape index (κ1) is 20.8. The maximum Gasteiger partial charge on any atom is 0.237 e. The summed E-state index contributed by atoms with van der Waals surface area (Å²) in [6, 6.07) is 11.4. The van der Waals surface area contributed by atoms with Crippen LogP contribution in [0.15, 0.2) is 47.1 Å². The molecule has 1 aromatic carbocycles. The van der Waals surface area contributed by atoms with Crippen molar-refractivity contribution in [2.45, 2.75) is 45.3 Å². The summed E-state index contributed by atoms with van der Waals surface area (Å²) in [4.78, 5) is 27.8. The summed E-state index contributed by atoms with van der Waals surface area (Å²) in [5, 5.41) is 6.20. The molecule has 1 atom stereocenters. The molecule has 9 nitrogen and oxygen atoms in total. The molecular formula is C22H27N7O2. The number of nitrogens with two attached hydrogens (primary N) is 1. The van der Waals surface area contributed by atoms with Gasteiger partial charge in [0.05, 0.1) is 25.4 Å². The third-order valence-electron chi connectivity index (χ3n) is 5.37. The number of likely N-dealkylation sites (tertiary alicyclic amines) is 1. The number of carbonyl (C=O) groups is 1. The lowest BCUT2D eigenvalue weighted by molar-refractivity contribution is -0.125. The fourth-order valence-corrected chi connectivity index (χ4v) is 3.83. The van der Waals surface area contributed by atoms with Crippen LogP contribution in [0, 0.1) is 0 Å². The predicted molar refractivity (Wildman–Crippen MR) is 117 cm³/mol. The zero-order valence-electron chi connectivity index (χ0n) is 17.5. The molecule has 1 aliphatic heterocycles. The van der Waals surface area contributed by atoms with Crippen molar-refractivity contribution in [3.8, 4) is 0 Å². The lowest BCUT2D eigenvalue weighted by Crippen LogP contribution is -2.42. The molecule has 4 rings (SSSR count). The van der Waals surface area contributed by atoms with Gasteiger partial charge in [-0.2, -0.15) is 15.0 Å². The Kier molecular flexibility index (Phi) is 6.42. The molecule has 0 spiro atoms. The molecule has 0 radical (unpaired) electrons. The fourth-order valence-electron chi connectivity index (χ4n) is 3.83. The third-order valence-corrected chi connectivity index (χ3v) is 5.37. The van der Waals surface area contributed by atoms with Gasteiger partial charge in [0.1, 0.15) is 11.6 Å². The highest BCUT2D eigenvalue weighted by molar-refractivity contribution is 5.81. The van der Waals surface area contributed by atoms with Crippen molar-refractivity contribution in [3.63, 3.8) is 0 Å². The number of nitrogens with zero attached hydrogens (tertiary/aromatic N) is 4. The molecular weight excluding hydrogens is 394 g/mol. The maximum absolute atomic E-state index is 12.7. The van der Waals surface area contributed by atoms with Crippen LogP contribution >= 0.6 is 0 Å². The van der Waals surface area contributed by atoms with Crippen LogP contribution in [0.5, 0.6) is 0 Å². The number of aryl methyl sites for hydroxylation is 1. The molecule has 162 valence electrons. The van der Waals surface area contributed by atoms with Crippen LogP contribution < -0.4 is 16.4 Å². The molecule has 1 fully saturated rings. The Labute approximate surface area is 181 Å². The lowest BCUT2D eigenvalue weighted by Gasteiger charge is -2.23. The number of hydrogen-bond acceptors (Lipinski definition) is 8. The second-order valence-corrected chi connectivity index (χ2v) is 7.49. The highest BCUT2D eigenvalue weighted by atomic mass is 16.3. The van der Waals surface area contributed by atoms with Crippen molar-refractivity contribution in [1.29, 1.82) is 0 Å². The fraction of sp³-hybridized carbons (Fsp3) is 0.364. The molecule has 0 unspecified atom stereocenters. The number of hydrogen-bond donors (Lipinski definition) is 3. The van der Waals surface area contributed by atoms with Gasteiger partial charge in [-0.1, -0.05) is 25.1 Å². The zero-order chi connectivity index (χ0) is 21.6. The summed E-state index contributed by atoms with van der Waals surface area (Å²) in [5.74, 6) is 1.80. The molecule has 3 heterocycles. The number of rotatable bonds is 8. The molecule has 31 heavy (non-hydrogen) atoms. The van der Waals surface area contributed by atoms with Gasteiger partial charge in [-0.25, -0.2) is 0 Å². The SMILES string of the molecule is CCc1ccccc1Nc1nc(N)nc(CN2CCC[C@H]2C(=O)NCc2ccco2)n1. The third kappa shape index (κ3) is 5.18. The molecule has 1 saturated heterocycles. The average Bonchev–Trinajstić information content (AvgIpc) is 3.44. The molecule has 4 N–H and O–H groups in total. The number of carbonyl (C=O) groups excluding carboxylic acids is 1. The van der Waals surface area contributed by atoms with E-state index in [0.29, 0.717) is 24.9 Å². The number of aromatic nitrogens is 3. The number of benzene rings is 1. The first-order valence-electron chi connectivity index (χ1n) is 10.5. The summed E-state index contributed by atoms with van der Waals surface area (Å²) in [6.45, 7) is 3.69. The van der Waals surface area contributed by atoms with Crippen LogP contribution in [-0.4, -0.2) is 38.3 Å². The molecule has 2 aromatic heterocycles. The van der Waals surface area contributed by atoms with E-state index in [1.807, 2.05) is 24.3 Å². The number of anilines is 3. The number of amides is 1. The predicted octanol–water partition coefficient (Wildman–Crippen LogP) is 2.63. The molecule has 0 bridgehead atoms. The van der Waals surface area contributed by atoms with Crippen molar-refractivity contribution < 1.29 is 9.21 Å². The average molecular weight is 422 g/mol. The summed E-state index contributed by atoms with van der Waals surface area (Å²) in [6.07, 6.45) is 4.21. The van der Waals surface area contributed by atoms with E-state index < -0.39 is 0 Å². The minimum Gasteiger partial charge on any atom is -0.467 e. The van der Waals surface area contributed by atoms with E-state index in [0.717, 1.165) is 42.8 Å². The van der Waals surface area contributed by atoms with Crippen molar-refractivity contribution in [1.82, 2.24) is 25.2 Å². The van der Waals surface area contributed by atoms with Gasteiger partial charge < -0.3 is 20.8 Å². The van der Waals surface area contributed by atoms with Gasteiger partial charge in [-0.15, -0.1) is 0 Å². The monoisotopic (exact) mass is 421 g/mol. The molecule has 0 saturated carbocycles. The number of para-hydroxylation sites is 1. The lowest BCUT2D eigenvalue weighted by atomic mass is 10.1. The van der Waals surface area contributed by atoms with E-state index in [4.69, 9.17) is 10.2 Å². The van der Waals surface area contributed by atoms with E-state index in [2.05, 4.69) is 43.5 Å². The van der Waals surface area contributed by atoms with Crippen LogP contribution in [-0.2, 0) is 24.3 Å². The number of nitrogens with one attached hydrogen (secondary N) is 2. The molecule has 1 aliphatic rings.